The fourth-order valence-corrected chi connectivity index (χ4v) is 3.72. The number of nitrogens with one attached hydrogen (secondary N) is 1. The van der Waals surface area contributed by atoms with Crippen LogP contribution in [0, 0.1) is 6.92 Å². The van der Waals surface area contributed by atoms with Crippen molar-refractivity contribution in [2.24, 2.45) is 0 Å². The van der Waals surface area contributed by atoms with Gasteiger partial charge in [0, 0.05) is 19.4 Å². The summed E-state index contributed by atoms with van der Waals surface area (Å²) < 4.78 is 6.27. The Balaban J connectivity index is 1.70. The molecule has 2 rings (SSSR count). The topological polar surface area (TPSA) is 64.1 Å². The zero-order valence-electron chi connectivity index (χ0n) is 12.6. The van der Waals surface area contributed by atoms with Crippen LogP contribution in [-0.2, 0) is 9.53 Å². The first-order chi connectivity index (χ1) is 10.7. The largest absolute Gasteiger partial charge is 0.367 e. The van der Waals surface area contributed by atoms with Gasteiger partial charge in [0.1, 0.15) is 5.01 Å². The van der Waals surface area contributed by atoms with Gasteiger partial charge in [0.05, 0.1) is 0 Å². The Morgan fingerprint density at radius 2 is 2.14 bits per heavy atom. The molecule has 1 heterocycles. The lowest BCUT2D eigenvalue weighted by Gasteiger charge is -2.15. The molecule has 1 N–H and O–H groups in total. The van der Waals surface area contributed by atoms with Gasteiger partial charge in [0.25, 0.3) is 5.91 Å². The second-order valence-corrected chi connectivity index (χ2v) is 7.13. The Bertz CT molecular complexity index is 589. The molecule has 0 saturated carbocycles. The van der Waals surface area contributed by atoms with E-state index in [1.165, 1.54) is 0 Å². The Kier molecular flexibility index (Phi) is 6.82. The van der Waals surface area contributed by atoms with Crippen molar-refractivity contribution in [3.05, 3.63) is 40.9 Å². The van der Waals surface area contributed by atoms with Crippen molar-refractivity contribution >= 4 is 29.0 Å². The van der Waals surface area contributed by atoms with Gasteiger partial charge >= 0.3 is 0 Å². The third kappa shape index (κ3) is 5.08. The van der Waals surface area contributed by atoms with E-state index in [0.717, 1.165) is 27.1 Å². The van der Waals surface area contributed by atoms with Crippen LogP contribution in [0.1, 0.15) is 23.1 Å². The lowest BCUT2D eigenvalue weighted by atomic mass is 10.1. The Morgan fingerprint density at radius 1 is 1.36 bits per heavy atom. The molecular formula is C15H19N3O2S2. The minimum absolute atomic E-state index is 0.106. The maximum Gasteiger partial charge on any atom is 0.253 e. The van der Waals surface area contributed by atoms with Gasteiger partial charge in [-0.1, -0.05) is 53.4 Å². The number of thioether (sulfide) groups is 1. The summed E-state index contributed by atoms with van der Waals surface area (Å²) in [5.41, 5.74) is 0.862. The third-order valence-corrected chi connectivity index (χ3v) is 4.99. The Hall–Kier alpha value is -1.44. The summed E-state index contributed by atoms with van der Waals surface area (Å²) in [6, 6.07) is 9.49. The third-order valence-electron chi connectivity index (χ3n) is 2.93. The van der Waals surface area contributed by atoms with E-state index in [4.69, 9.17) is 4.74 Å². The SMILES string of the molecule is COC(C(=O)NCCCSc1nnc(C)s1)c1ccccc1. The van der Waals surface area contributed by atoms with Crippen molar-refractivity contribution in [1.82, 2.24) is 15.5 Å². The first-order valence-corrected chi connectivity index (χ1v) is 8.79. The van der Waals surface area contributed by atoms with Crippen LogP contribution in [0.5, 0.6) is 0 Å². The number of methoxy groups -OCH3 is 1. The molecule has 1 atom stereocenters. The Morgan fingerprint density at radius 3 is 2.77 bits per heavy atom. The van der Waals surface area contributed by atoms with Crippen LogP contribution >= 0.6 is 23.1 Å². The number of amides is 1. The summed E-state index contributed by atoms with van der Waals surface area (Å²) in [5, 5.41) is 11.9. The summed E-state index contributed by atoms with van der Waals surface area (Å²) in [6.45, 7) is 2.56. The van der Waals surface area contributed by atoms with E-state index in [1.807, 2.05) is 37.3 Å². The Labute approximate surface area is 138 Å². The molecule has 0 radical (unpaired) electrons. The molecular weight excluding hydrogens is 318 g/mol. The van der Waals surface area contributed by atoms with Crippen LogP contribution in [0.15, 0.2) is 34.7 Å². The number of aromatic nitrogens is 2. The van der Waals surface area contributed by atoms with Crippen LogP contribution in [0.25, 0.3) is 0 Å². The summed E-state index contributed by atoms with van der Waals surface area (Å²) in [6.07, 6.45) is 0.319. The van der Waals surface area contributed by atoms with Crippen LogP contribution in [-0.4, -0.2) is 35.5 Å². The average molecular weight is 337 g/mol. The van der Waals surface area contributed by atoms with E-state index in [0.29, 0.717) is 6.54 Å². The highest BCUT2D eigenvalue weighted by Gasteiger charge is 2.18. The number of nitrogens with zero attached hydrogens (tertiary/aromatic N) is 2. The molecule has 0 aliphatic rings. The smallest absolute Gasteiger partial charge is 0.253 e. The minimum atomic E-state index is -0.556. The molecule has 7 heteroatoms. The zero-order chi connectivity index (χ0) is 15.8. The number of aryl methyl sites for hydroxylation is 1. The predicted molar refractivity (Wildman–Crippen MR) is 89.2 cm³/mol. The van der Waals surface area contributed by atoms with E-state index < -0.39 is 6.10 Å². The number of hydrogen-bond acceptors (Lipinski definition) is 6. The lowest BCUT2D eigenvalue weighted by molar-refractivity contribution is -0.131. The molecule has 0 aliphatic heterocycles. The fourth-order valence-electron chi connectivity index (χ4n) is 1.90. The van der Waals surface area contributed by atoms with Gasteiger partial charge in [-0.05, 0) is 18.9 Å². The maximum absolute atomic E-state index is 12.1. The molecule has 0 aliphatic carbocycles. The predicted octanol–water partition coefficient (Wildman–Crippen LogP) is 2.83. The van der Waals surface area contributed by atoms with E-state index in [9.17, 15) is 4.79 Å². The van der Waals surface area contributed by atoms with E-state index in [-0.39, 0.29) is 5.91 Å². The van der Waals surface area contributed by atoms with Gasteiger partial charge in [-0.2, -0.15) is 0 Å². The second-order valence-electron chi connectivity index (χ2n) is 4.61. The monoisotopic (exact) mass is 337 g/mol. The molecule has 0 fully saturated rings. The normalized spacial score (nSPS) is 12.1. The highest BCUT2D eigenvalue weighted by Crippen LogP contribution is 2.22. The van der Waals surface area contributed by atoms with E-state index in [2.05, 4.69) is 15.5 Å². The van der Waals surface area contributed by atoms with Crippen molar-refractivity contribution in [3.63, 3.8) is 0 Å². The van der Waals surface area contributed by atoms with Gasteiger partial charge in [-0.15, -0.1) is 10.2 Å². The van der Waals surface area contributed by atoms with E-state index in [1.54, 1.807) is 30.2 Å². The number of ether oxygens (including phenoxy) is 1. The molecule has 0 bridgehead atoms. The van der Waals surface area contributed by atoms with Crippen LogP contribution in [0.3, 0.4) is 0 Å². The first kappa shape index (κ1) is 16.9. The molecule has 5 nitrogen and oxygen atoms in total. The number of rotatable bonds is 8. The lowest BCUT2D eigenvalue weighted by Crippen LogP contribution is -2.31. The number of carbonyl (C=O) groups excluding carboxylic acids is 1. The molecule has 118 valence electrons. The first-order valence-electron chi connectivity index (χ1n) is 6.99. The standard InChI is InChI=1S/C15H19N3O2S2/c1-11-17-18-15(22-11)21-10-6-9-16-14(19)13(20-2)12-7-4-3-5-8-12/h3-5,7-8,13H,6,9-10H2,1-2H3,(H,16,19). The minimum Gasteiger partial charge on any atom is -0.367 e. The molecule has 1 aromatic heterocycles. The molecule has 0 saturated heterocycles. The molecule has 1 aromatic carbocycles. The molecule has 1 unspecified atom stereocenters. The second kappa shape index (κ2) is 8.87. The van der Waals surface area contributed by atoms with Crippen LogP contribution < -0.4 is 5.32 Å². The summed E-state index contributed by atoms with van der Waals surface area (Å²) in [4.78, 5) is 12.1. The molecule has 1 amide bonds. The van der Waals surface area contributed by atoms with Gasteiger partial charge in [0.15, 0.2) is 10.4 Å². The van der Waals surface area contributed by atoms with Gasteiger partial charge < -0.3 is 10.1 Å². The average Bonchev–Trinajstić information content (AvgIpc) is 2.94. The number of carbonyl (C=O) groups is 1. The van der Waals surface area contributed by atoms with Crippen LogP contribution in [0.2, 0.25) is 0 Å². The van der Waals surface area contributed by atoms with Crippen molar-refractivity contribution in [2.75, 3.05) is 19.4 Å². The van der Waals surface area contributed by atoms with Crippen molar-refractivity contribution in [3.8, 4) is 0 Å². The summed E-state index contributed by atoms with van der Waals surface area (Å²) in [5.74, 6) is 0.795. The van der Waals surface area contributed by atoms with Gasteiger partial charge in [-0.25, -0.2) is 0 Å². The van der Waals surface area contributed by atoms with Gasteiger partial charge in [0.2, 0.25) is 0 Å². The number of benzene rings is 1. The highest BCUT2D eigenvalue weighted by atomic mass is 32.2. The van der Waals surface area contributed by atoms with Crippen molar-refractivity contribution in [2.45, 2.75) is 23.8 Å². The van der Waals surface area contributed by atoms with Crippen molar-refractivity contribution < 1.29 is 9.53 Å². The van der Waals surface area contributed by atoms with Crippen LogP contribution in [0.4, 0.5) is 0 Å². The highest BCUT2D eigenvalue weighted by molar-refractivity contribution is 8.01. The summed E-state index contributed by atoms with van der Waals surface area (Å²) >= 11 is 3.26. The molecule has 22 heavy (non-hydrogen) atoms. The molecule has 2 aromatic rings. The van der Waals surface area contributed by atoms with E-state index >= 15 is 0 Å². The number of hydrogen-bond donors (Lipinski definition) is 1. The van der Waals surface area contributed by atoms with Crippen molar-refractivity contribution in [1.29, 1.82) is 0 Å². The quantitative estimate of drug-likeness (QED) is 0.593. The maximum atomic E-state index is 12.1. The fraction of sp³-hybridized carbons (Fsp3) is 0.400. The van der Waals surface area contributed by atoms with Gasteiger partial charge in [-0.3, -0.25) is 4.79 Å². The molecule has 0 spiro atoms. The zero-order valence-corrected chi connectivity index (χ0v) is 14.2. The summed E-state index contributed by atoms with van der Waals surface area (Å²) in [7, 11) is 1.55.